The maximum atomic E-state index is 6.13. The second kappa shape index (κ2) is 6.37. The van der Waals surface area contributed by atoms with Gasteiger partial charge >= 0.3 is 0 Å². The summed E-state index contributed by atoms with van der Waals surface area (Å²) in [4.78, 5) is 8.31. The zero-order valence-electron chi connectivity index (χ0n) is 11.2. The molecule has 1 heterocycles. The molecule has 0 amide bonds. The van der Waals surface area contributed by atoms with Crippen molar-refractivity contribution in [2.45, 2.75) is 58.5 Å². The fraction of sp³-hybridized carbons (Fsp3) is 0.714. The van der Waals surface area contributed by atoms with Crippen molar-refractivity contribution in [1.82, 2.24) is 9.97 Å². The lowest BCUT2D eigenvalue weighted by Gasteiger charge is -2.29. The van der Waals surface area contributed by atoms with E-state index < -0.39 is 0 Å². The minimum Gasteiger partial charge on any atom is -0.474 e. The Morgan fingerprint density at radius 3 is 2.83 bits per heavy atom. The third-order valence-electron chi connectivity index (χ3n) is 3.65. The molecule has 3 nitrogen and oxygen atoms in total. The van der Waals surface area contributed by atoms with Gasteiger partial charge in [-0.25, -0.2) is 9.97 Å². The summed E-state index contributed by atoms with van der Waals surface area (Å²) in [5.74, 6) is 1.29. The molecule has 0 N–H and O–H groups in total. The molecule has 100 valence electrons. The maximum Gasteiger partial charge on any atom is 0.221 e. The van der Waals surface area contributed by atoms with Gasteiger partial charge in [-0.1, -0.05) is 38.3 Å². The Bertz CT molecular complexity index is 397. The quantitative estimate of drug-likeness (QED) is 0.773. The maximum absolute atomic E-state index is 6.13. The molecule has 4 heteroatoms. The first-order valence-corrected chi connectivity index (χ1v) is 7.26. The van der Waals surface area contributed by atoms with Gasteiger partial charge in [0.1, 0.15) is 17.6 Å². The van der Waals surface area contributed by atoms with Crippen LogP contribution in [0.25, 0.3) is 0 Å². The zero-order chi connectivity index (χ0) is 13.0. The number of hydrogen-bond donors (Lipinski definition) is 0. The van der Waals surface area contributed by atoms with E-state index >= 15 is 0 Å². The number of rotatable bonds is 4. The topological polar surface area (TPSA) is 35.0 Å². The van der Waals surface area contributed by atoms with Gasteiger partial charge in [0.25, 0.3) is 0 Å². The van der Waals surface area contributed by atoms with Crippen molar-refractivity contribution in [3.8, 4) is 5.88 Å². The minimum atomic E-state index is 0.278. The van der Waals surface area contributed by atoms with Crippen LogP contribution in [0.2, 0.25) is 5.15 Å². The van der Waals surface area contributed by atoms with Crippen LogP contribution in [0.3, 0.4) is 0 Å². The van der Waals surface area contributed by atoms with Gasteiger partial charge in [-0.3, -0.25) is 0 Å². The molecule has 0 spiro atoms. The van der Waals surface area contributed by atoms with Crippen LogP contribution in [0.1, 0.15) is 51.5 Å². The first-order chi connectivity index (χ1) is 8.72. The van der Waals surface area contributed by atoms with Gasteiger partial charge < -0.3 is 4.74 Å². The number of halogens is 1. The summed E-state index contributed by atoms with van der Waals surface area (Å²) in [7, 11) is 0. The third-order valence-corrected chi connectivity index (χ3v) is 3.97. The van der Waals surface area contributed by atoms with Gasteiger partial charge in [0.2, 0.25) is 5.88 Å². The van der Waals surface area contributed by atoms with E-state index in [4.69, 9.17) is 16.3 Å². The van der Waals surface area contributed by atoms with Gasteiger partial charge in [0.15, 0.2) is 0 Å². The third kappa shape index (κ3) is 3.14. The van der Waals surface area contributed by atoms with Gasteiger partial charge in [-0.05, 0) is 31.6 Å². The average molecular weight is 269 g/mol. The summed E-state index contributed by atoms with van der Waals surface area (Å²) in [6.45, 7) is 4.38. The van der Waals surface area contributed by atoms with E-state index in [1.54, 1.807) is 0 Å². The molecule has 1 aliphatic rings. The van der Waals surface area contributed by atoms with Gasteiger partial charge in [-0.2, -0.15) is 0 Å². The molecular formula is C14H21ClN2O. The summed E-state index contributed by atoms with van der Waals surface area (Å²) < 4.78 is 6.10. The Morgan fingerprint density at radius 1 is 1.33 bits per heavy atom. The van der Waals surface area contributed by atoms with Crippen molar-refractivity contribution in [2.75, 3.05) is 0 Å². The van der Waals surface area contributed by atoms with Crippen LogP contribution in [0.4, 0.5) is 0 Å². The SMILES string of the molecule is CCCc1c(Cl)ncnc1OC1CCCCC1C. The van der Waals surface area contributed by atoms with Gasteiger partial charge in [-0.15, -0.1) is 0 Å². The molecule has 0 aliphatic heterocycles. The van der Waals surface area contributed by atoms with Crippen LogP contribution >= 0.6 is 11.6 Å². The van der Waals surface area contributed by atoms with Crippen LogP contribution in [0.15, 0.2) is 6.33 Å². The normalized spacial score (nSPS) is 23.9. The standard InChI is InChI=1S/C14H21ClN2O/c1-3-6-11-13(15)16-9-17-14(11)18-12-8-5-4-7-10(12)2/h9-10,12H,3-8H2,1-2H3. The van der Waals surface area contributed by atoms with Crippen LogP contribution < -0.4 is 4.74 Å². The van der Waals surface area contributed by atoms with Crippen molar-refractivity contribution in [3.05, 3.63) is 17.0 Å². The molecule has 1 aromatic rings. The van der Waals surface area contributed by atoms with Crippen LogP contribution in [-0.4, -0.2) is 16.1 Å². The predicted molar refractivity (Wildman–Crippen MR) is 73.1 cm³/mol. The molecule has 1 saturated carbocycles. The number of nitrogens with zero attached hydrogens (tertiary/aromatic N) is 2. The fourth-order valence-corrected chi connectivity index (χ4v) is 2.76. The molecule has 1 fully saturated rings. The molecule has 0 aromatic carbocycles. The molecule has 2 unspecified atom stereocenters. The highest BCUT2D eigenvalue weighted by atomic mass is 35.5. The first kappa shape index (κ1) is 13.6. The molecule has 1 aliphatic carbocycles. The molecule has 0 saturated heterocycles. The minimum absolute atomic E-state index is 0.278. The van der Waals surface area contributed by atoms with Crippen molar-refractivity contribution < 1.29 is 4.74 Å². The monoisotopic (exact) mass is 268 g/mol. The largest absolute Gasteiger partial charge is 0.474 e. The first-order valence-electron chi connectivity index (χ1n) is 6.88. The van der Waals surface area contributed by atoms with Crippen molar-refractivity contribution in [1.29, 1.82) is 0 Å². The molecule has 2 rings (SSSR count). The van der Waals surface area contributed by atoms with Crippen molar-refractivity contribution >= 4 is 11.6 Å². The van der Waals surface area contributed by atoms with Crippen molar-refractivity contribution in [2.24, 2.45) is 5.92 Å². The van der Waals surface area contributed by atoms with E-state index in [0.717, 1.165) is 24.8 Å². The average Bonchev–Trinajstić information content (AvgIpc) is 2.36. The summed E-state index contributed by atoms with van der Waals surface area (Å²) in [5, 5.41) is 0.533. The van der Waals surface area contributed by atoms with Gasteiger partial charge in [0.05, 0.1) is 5.56 Å². The Balaban J connectivity index is 2.14. The fourth-order valence-electron chi connectivity index (χ4n) is 2.54. The number of aromatic nitrogens is 2. The van der Waals surface area contributed by atoms with E-state index in [1.165, 1.54) is 25.6 Å². The van der Waals surface area contributed by atoms with E-state index in [9.17, 15) is 0 Å². The van der Waals surface area contributed by atoms with Crippen LogP contribution in [0.5, 0.6) is 5.88 Å². The zero-order valence-corrected chi connectivity index (χ0v) is 11.9. The molecule has 0 bridgehead atoms. The van der Waals surface area contributed by atoms with Crippen LogP contribution in [-0.2, 0) is 6.42 Å². The van der Waals surface area contributed by atoms with E-state index in [1.807, 2.05) is 0 Å². The highest BCUT2D eigenvalue weighted by Gasteiger charge is 2.24. The van der Waals surface area contributed by atoms with Gasteiger partial charge in [0, 0.05) is 0 Å². The number of hydrogen-bond acceptors (Lipinski definition) is 3. The van der Waals surface area contributed by atoms with Crippen LogP contribution in [0, 0.1) is 5.92 Å². The predicted octanol–water partition coefficient (Wildman–Crippen LogP) is 4.04. The summed E-state index contributed by atoms with van der Waals surface area (Å²) >= 11 is 6.13. The lowest BCUT2D eigenvalue weighted by molar-refractivity contribution is 0.0962. The molecule has 2 atom stereocenters. The Hall–Kier alpha value is -0.830. The second-order valence-electron chi connectivity index (χ2n) is 5.12. The van der Waals surface area contributed by atoms with E-state index in [-0.39, 0.29) is 6.10 Å². The second-order valence-corrected chi connectivity index (χ2v) is 5.47. The highest BCUT2D eigenvalue weighted by molar-refractivity contribution is 6.30. The smallest absolute Gasteiger partial charge is 0.221 e. The Kier molecular flexibility index (Phi) is 4.81. The van der Waals surface area contributed by atoms with E-state index in [2.05, 4.69) is 23.8 Å². The lowest BCUT2D eigenvalue weighted by atomic mass is 9.88. The highest BCUT2D eigenvalue weighted by Crippen LogP contribution is 2.30. The molecule has 1 aromatic heterocycles. The molecule has 0 radical (unpaired) electrons. The molecular weight excluding hydrogens is 248 g/mol. The number of ether oxygens (including phenoxy) is 1. The lowest BCUT2D eigenvalue weighted by Crippen LogP contribution is -2.29. The summed E-state index contributed by atoms with van der Waals surface area (Å²) in [5.41, 5.74) is 0.958. The van der Waals surface area contributed by atoms with Crippen molar-refractivity contribution in [3.63, 3.8) is 0 Å². The summed E-state index contributed by atoms with van der Waals surface area (Å²) in [6.07, 6.45) is 8.58. The summed E-state index contributed by atoms with van der Waals surface area (Å²) in [6, 6.07) is 0. The van der Waals surface area contributed by atoms with E-state index in [0.29, 0.717) is 17.0 Å². The Labute approximate surface area is 114 Å². The Morgan fingerprint density at radius 2 is 2.11 bits per heavy atom. The molecule has 18 heavy (non-hydrogen) atoms.